The second kappa shape index (κ2) is 4.84. The average molecular weight is 261 g/mol. The topological polar surface area (TPSA) is 33.6 Å². The van der Waals surface area contributed by atoms with Crippen molar-refractivity contribution in [1.29, 1.82) is 0 Å². The summed E-state index contributed by atoms with van der Waals surface area (Å²) < 4.78 is 3.15. The normalized spacial score (nSPS) is 24.5. The van der Waals surface area contributed by atoms with Crippen LogP contribution in [-0.2, 0) is 0 Å². The van der Waals surface area contributed by atoms with E-state index in [0.717, 1.165) is 16.2 Å². The Hall–Kier alpha value is -1.16. The number of hydrogen-bond donors (Lipinski definition) is 1. The molecule has 18 heavy (non-hydrogen) atoms. The first kappa shape index (κ1) is 11.9. The van der Waals surface area contributed by atoms with Crippen LogP contribution in [0.15, 0.2) is 18.5 Å². The van der Waals surface area contributed by atoms with Gasteiger partial charge in [-0.15, -0.1) is 0 Å². The van der Waals surface area contributed by atoms with Gasteiger partial charge in [0.25, 0.3) is 0 Å². The molecule has 1 aliphatic rings. The minimum atomic E-state index is 0.566. The molecule has 0 atom stereocenters. The molecule has 2 aromatic rings. The smallest absolute Gasteiger partial charge is 0.178 e. The molecular formula is C14H19N3S. The van der Waals surface area contributed by atoms with E-state index in [0.29, 0.717) is 6.04 Å². The van der Waals surface area contributed by atoms with Gasteiger partial charge in [0.15, 0.2) is 4.77 Å². The van der Waals surface area contributed by atoms with Gasteiger partial charge in [-0.3, -0.25) is 4.98 Å². The Morgan fingerprint density at radius 1 is 1.39 bits per heavy atom. The van der Waals surface area contributed by atoms with Crippen molar-refractivity contribution in [3.8, 4) is 0 Å². The maximum absolute atomic E-state index is 5.47. The molecule has 0 radical (unpaired) electrons. The molecule has 3 nitrogen and oxygen atoms in total. The van der Waals surface area contributed by atoms with Gasteiger partial charge < -0.3 is 9.55 Å². The van der Waals surface area contributed by atoms with Crippen LogP contribution in [0.3, 0.4) is 0 Å². The molecule has 0 bridgehead atoms. The van der Waals surface area contributed by atoms with Gasteiger partial charge in [0.05, 0.1) is 17.2 Å². The molecule has 1 fully saturated rings. The molecular weight excluding hydrogens is 242 g/mol. The lowest BCUT2D eigenvalue weighted by molar-refractivity contribution is 0.272. The Morgan fingerprint density at radius 2 is 2.17 bits per heavy atom. The molecule has 1 aliphatic carbocycles. The predicted octanol–water partition coefficient (Wildman–Crippen LogP) is 4.24. The SMILES string of the molecule is CCC1CCC(n2c(=S)[nH]c3cnccc32)CC1. The number of pyridine rings is 1. The van der Waals surface area contributed by atoms with Crippen LogP contribution in [0.25, 0.3) is 11.0 Å². The highest BCUT2D eigenvalue weighted by molar-refractivity contribution is 7.71. The van der Waals surface area contributed by atoms with E-state index in [4.69, 9.17) is 12.2 Å². The standard InChI is InChI=1S/C14H19N3S/c1-2-10-3-5-11(6-4-10)17-13-7-8-15-9-12(13)16-14(17)18/h7-11H,2-6H2,1H3,(H,16,18). The number of rotatable bonds is 2. The van der Waals surface area contributed by atoms with Gasteiger partial charge in [0, 0.05) is 12.2 Å². The van der Waals surface area contributed by atoms with Gasteiger partial charge in [-0.25, -0.2) is 0 Å². The maximum Gasteiger partial charge on any atom is 0.178 e. The summed E-state index contributed by atoms with van der Waals surface area (Å²) in [5.74, 6) is 0.919. The van der Waals surface area contributed by atoms with E-state index in [1.807, 2.05) is 12.4 Å². The van der Waals surface area contributed by atoms with Crippen molar-refractivity contribution in [2.24, 2.45) is 5.92 Å². The van der Waals surface area contributed by atoms with E-state index in [1.165, 1.54) is 37.6 Å². The van der Waals surface area contributed by atoms with E-state index in [-0.39, 0.29) is 0 Å². The summed E-state index contributed by atoms with van der Waals surface area (Å²) in [6, 6.07) is 2.63. The number of aromatic amines is 1. The zero-order valence-corrected chi connectivity index (χ0v) is 11.5. The van der Waals surface area contributed by atoms with E-state index in [1.54, 1.807) is 0 Å². The van der Waals surface area contributed by atoms with Crippen LogP contribution in [0.1, 0.15) is 45.1 Å². The molecule has 1 N–H and O–H groups in total. The monoisotopic (exact) mass is 261 g/mol. The van der Waals surface area contributed by atoms with Gasteiger partial charge in [-0.1, -0.05) is 13.3 Å². The van der Waals surface area contributed by atoms with Crippen molar-refractivity contribution < 1.29 is 0 Å². The number of fused-ring (bicyclic) bond motifs is 1. The molecule has 0 aromatic carbocycles. The maximum atomic E-state index is 5.47. The third kappa shape index (κ3) is 1.99. The molecule has 0 aliphatic heterocycles. The minimum absolute atomic E-state index is 0.566. The first-order chi connectivity index (χ1) is 8.79. The van der Waals surface area contributed by atoms with Crippen molar-refractivity contribution in [2.45, 2.75) is 45.1 Å². The van der Waals surface area contributed by atoms with Crippen LogP contribution in [0, 0.1) is 10.7 Å². The summed E-state index contributed by atoms with van der Waals surface area (Å²) in [7, 11) is 0. The lowest BCUT2D eigenvalue weighted by Crippen LogP contribution is -2.17. The molecule has 2 heterocycles. The van der Waals surface area contributed by atoms with Gasteiger partial charge in [0.1, 0.15) is 0 Å². The fourth-order valence-electron chi connectivity index (χ4n) is 3.15. The Labute approximate surface area is 112 Å². The molecule has 2 aromatic heterocycles. The van der Waals surface area contributed by atoms with Gasteiger partial charge in [-0.2, -0.15) is 0 Å². The Bertz CT molecular complexity index is 590. The molecule has 3 rings (SSSR count). The lowest BCUT2D eigenvalue weighted by Gasteiger charge is -2.29. The fourth-order valence-corrected chi connectivity index (χ4v) is 3.51. The predicted molar refractivity (Wildman–Crippen MR) is 76.2 cm³/mol. The molecule has 0 amide bonds. The highest BCUT2D eigenvalue weighted by Gasteiger charge is 2.22. The number of H-pyrrole nitrogens is 1. The molecule has 0 saturated heterocycles. The van der Waals surface area contributed by atoms with Crippen molar-refractivity contribution in [3.63, 3.8) is 0 Å². The molecule has 1 saturated carbocycles. The Balaban J connectivity index is 1.95. The largest absolute Gasteiger partial charge is 0.329 e. The summed E-state index contributed by atoms with van der Waals surface area (Å²) in [6.07, 6.45) is 10.2. The molecule has 0 unspecified atom stereocenters. The molecule has 4 heteroatoms. The minimum Gasteiger partial charge on any atom is -0.329 e. The van der Waals surface area contributed by atoms with Crippen molar-refractivity contribution in [1.82, 2.24) is 14.5 Å². The summed E-state index contributed by atoms with van der Waals surface area (Å²) in [6.45, 7) is 2.30. The van der Waals surface area contributed by atoms with Crippen LogP contribution in [0.5, 0.6) is 0 Å². The molecule has 0 spiro atoms. The van der Waals surface area contributed by atoms with Crippen molar-refractivity contribution in [2.75, 3.05) is 0 Å². The van der Waals surface area contributed by atoms with Crippen molar-refractivity contribution >= 4 is 23.3 Å². The third-order valence-corrected chi connectivity index (χ3v) is 4.58. The number of nitrogens with one attached hydrogen (secondary N) is 1. The summed E-state index contributed by atoms with van der Waals surface area (Å²) in [5, 5.41) is 0. The number of nitrogens with zero attached hydrogens (tertiary/aromatic N) is 2. The van der Waals surface area contributed by atoms with E-state index < -0.39 is 0 Å². The van der Waals surface area contributed by atoms with Gasteiger partial charge in [-0.05, 0) is 49.9 Å². The first-order valence-electron chi connectivity index (χ1n) is 6.83. The van der Waals surface area contributed by atoms with Crippen LogP contribution < -0.4 is 0 Å². The molecule has 96 valence electrons. The van der Waals surface area contributed by atoms with Crippen molar-refractivity contribution in [3.05, 3.63) is 23.2 Å². The summed E-state index contributed by atoms with van der Waals surface area (Å²) in [4.78, 5) is 7.41. The second-order valence-corrected chi connectivity index (χ2v) is 5.66. The summed E-state index contributed by atoms with van der Waals surface area (Å²) in [5.41, 5.74) is 2.26. The Kier molecular flexibility index (Phi) is 3.20. The van der Waals surface area contributed by atoms with Crippen LogP contribution >= 0.6 is 12.2 Å². The zero-order chi connectivity index (χ0) is 12.5. The number of imidazole rings is 1. The zero-order valence-electron chi connectivity index (χ0n) is 10.7. The quantitative estimate of drug-likeness (QED) is 0.820. The number of aromatic nitrogens is 3. The summed E-state index contributed by atoms with van der Waals surface area (Å²) >= 11 is 5.47. The van der Waals surface area contributed by atoms with E-state index in [2.05, 4.69) is 27.5 Å². The van der Waals surface area contributed by atoms with Crippen LogP contribution in [-0.4, -0.2) is 14.5 Å². The lowest BCUT2D eigenvalue weighted by atomic mass is 9.84. The highest BCUT2D eigenvalue weighted by Crippen LogP contribution is 2.35. The fraction of sp³-hybridized carbons (Fsp3) is 0.571. The average Bonchev–Trinajstić information content (AvgIpc) is 2.75. The first-order valence-corrected chi connectivity index (χ1v) is 7.24. The second-order valence-electron chi connectivity index (χ2n) is 5.28. The van der Waals surface area contributed by atoms with E-state index in [9.17, 15) is 0 Å². The van der Waals surface area contributed by atoms with Crippen LogP contribution in [0.4, 0.5) is 0 Å². The van der Waals surface area contributed by atoms with Gasteiger partial charge >= 0.3 is 0 Å². The highest BCUT2D eigenvalue weighted by atomic mass is 32.1. The number of hydrogen-bond acceptors (Lipinski definition) is 2. The van der Waals surface area contributed by atoms with E-state index >= 15 is 0 Å². The third-order valence-electron chi connectivity index (χ3n) is 4.28. The van der Waals surface area contributed by atoms with Gasteiger partial charge in [0.2, 0.25) is 0 Å². The van der Waals surface area contributed by atoms with Crippen LogP contribution in [0.2, 0.25) is 0 Å². The Morgan fingerprint density at radius 3 is 2.89 bits per heavy atom.